The van der Waals surface area contributed by atoms with Crippen molar-refractivity contribution < 1.29 is 9.13 Å². The van der Waals surface area contributed by atoms with Gasteiger partial charge in [0.1, 0.15) is 5.82 Å². The summed E-state index contributed by atoms with van der Waals surface area (Å²) >= 11 is 3.25. The number of likely N-dealkylation sites (N-methyl/N-ethyl adjacent to an activating group) is 1. The Labute approximate surface area is 130 Å². The molecule has 0 aliphatic heterocycles. The van der Waals surface area contributed by atoms with Crippen molar-refractivity contribution in [1.82, 2.24) is 5.32 Å². The highest BCUT2D eigenvalue weighted by Gasteiger charge is 2.24. The topological polar surface area (TPSA) is 21.3 Å². The normalized spacial score (nSPS) is 14.6. The zero-order valence-corrected chi connectivity index (χ0v) is 14.3. The van der Waals surface area contributed by atoms with Crippen LogP contribution in [0, 0.1) is 11.7 Å². The van der Waals surface area contributed by atoms with Crippen molar-refractivity contribution in [3.05, 3.63) is 34.1 Å². The second-order valence-electron chi connectivity index (χ2n) is 5.28. The molecule has 2 nitrogen and oxygen atoms in total. The van der Waals surface area contributed by atoms with Gasteiger partial charge in [0.15, 0.2) is 0 Å². The first kappa shape index (κ1) is 17.6. The quantitative estimate of drug-likeness (QED) is 0.763. The fourth-order valence-corrected chi connectivity index (χ4v) is 2.88. The largest absolute Gasteiger partial charge is 0.377 e. The lowest BCUT2D eigenvalue weighted by Gasteiger charge is -2.31. The number of hydrogen-bond donors (Lipinski definition) is 1. The minimum Gasteiger partial charge on any atom is -0.377 e. The maximum Gasteiger partial charge on any atom is 0.137 e. The molecule has 0 saturated heterocycles. The van der Waals surface area contributed by atoms with Crippen molar-refractivity contribution in [1.29, 1.82) is 0 Å². The van der Waals surface area contributed by atoms with Crippen LogP contribution in [0.25, 0.3) is 0 Å². The van der Waals surface area contributed by atoms with Gasteiger partial charge in [0, 0.05) is 12.6 Å². The van der Waals surface area contributed by atoms with Gasteiger partial charge in [0.05, 0.1) is 10.6 Å². The lowest BCUT2D eigenvalue weighted by Crippen LogP contribution is -2.45. The average molecular weight is 346 g/mol. The zero-order chi connectivity index (χ0) is 15.1. The van der Waals surface area contributed by atoms with Crippen molar-refractivity contribution in [2.45, 2.75) is 46.3 Å². The maximum absolute atomic E-state index is 13.3. The lowest BCUT2D eigenvalue weighted by atomic mass is 9.93. The minimum atomic E-state index is -0.223. The fourth-order valence-electron chi connectivity index (χ4n) is 2.45. The van der Waals surface area contributed by atoms with Gasteiger partial charge < -0.3 is 10.1 Å². The van der Waals surface area contributed by atoms with Crippen molar-refractivity contribution in [2.75, 3.05) is 13.2 Å². The van der Waals surface area contributed by atoms with Crippen LogP contribution in [0.2, 0.25) is 0 Å². The van der Waals surface area contributed by atoms with Crippen molar-refractivity contribution in [3.8, 4) is 0 Å². The third-order valence-electron chi connectivity index (χ3n) is 3.32. The predicted octanol–water partition coefficient (Wildman–Crippen LogP) is 4.17. The molecule has 20 heavy (non-hydrogen) atoms. The summed E-state index contributed by atoms with van der Waals surface area (Å²) in [5, 5.41) is 3.50. The molecule has 0 spiro atoms. The van der Waals surface area contributed by atoms with Gasteiger partial charge in [-0.05, 0) is 59.4 Å². The Morgan fingerprint density at radius 3 is 2.50 bits per heavy atom. The average Bonchev–Trinajstić information content (AvgIpc) is 2.39. The smallest absolute Gasteiger partial charge is 0.137 e. The van der Waals surface area contributed by atoms with Crippen LogP contribution in [-0.4, -0.2) is 25.3 Å². The van der Waals surface area contributed by atoms with E-state index in [0.29, 0.717) is 17.0 Å². The second-order valence-corrected chi connectivity index (χ2v) is 6.14. The molecule has 0 saturated carbocycles. The molecule has 0 bridgehead atoms. The van der Waals surface area contributed by atoms with Crippen LogP contribution >= 0.6 is 15.9 Å². The van der Waals surface area contributed by atoms with E-state index in [-0.39, 0.29) is 18.0 Å². The second kappa shape index (κ2) is 8.75. The molecular formula is C16H25BrFNO. The van der Waals surface area contributed by atoms with Crippen LogP contribution in [0.5, 0.6) is 0 Å². The third-order valence-corrected chi connectivity index (χ3v) is 3.93. The molecule has 1 rings (SSSR count). The number of nitrogens with one attached hydrogen (secondary N) is 1. The van der Waals surface area contributed by atoms with Crippen molar-refractivity contribution in [2.24, 2.45) is 5.92 Å². The summed E-state index contributed by atoms with van der Waals surface area (Å²) in [6, 6.07) is 5.43. The van der Waals surface area contributed by atoms with Crippen LogP contribution < -0.4 is 5.32 Å². The number of rotatable bonds is 8. The highest BCUT2D eigenvalue weighted by atomic mass is 79.9. The summed E-state index contributed by atoms with van der Waals surface area (Å²) in [4.78, 5) is 0. The van der Waals surface area contributed by atoms with Crippen LogP contribution in [0.3, 0.4) is 0 Å². The Hall–Kier alpha value is -0.450. The molecule has 0 fully saturated rings. The van der Waals surface area contributed by atoms with Crippen molar-refractivity contribution in [3.63, 3.8) is 0 Å². The zero-order valence-electron chi connectivity index (χ0n) is 12.7. The van der Waals surface area contributed by atoms with Crippen LogP contribution in [0.15, 0.2) is 22.7 Å². The molecule has 1 aromatic carbocycles. The summed E-state index contributed by atoms with van der Waals surface area (Å²) < 4.78 is 19.7. The Bertz CT molecular complexity index is 411. The van der Waals surface area contributed by atoms with Gasteiger partial charge in [0.25, 0.3) is 0 Å². The lowest BCUT2D eigenvalue weighted by molar-refractivity contribution is 0.00395. The van der Waals surface area contributed by atoms with E-state index in [9.17, 15) is 4.39 Å². The molecule has 0 aromatic heterocycles. The Morgan fingerprint density at radius 2 is 2.00 bits per heavy atom. The molecule has 4 heteroatoms. The number of halogens is 2. The van der Waals surface area contributed by atoms with Crippen LogP contribution in [-0.2, 0) is 11.2 Å². The SMILES string of the molecule is CCNC(Cc1ccc(F)c(Br)c1)C(OCC)C(C)C. The van der Waals surface area contributed by atoms with E-state index in [4.69, 9.17) is 4.74 Å². The molecule has 0 aliphatic carbocycles. The third kappa shape index (κ3) is 5.15. The molecule has 1 N–H and O–H groups in total. The number of hydrogen-bond acceptors (Lipinski definition) is 2. The predicted molar refractivity (Wildman–Crippen MR) is 85.5 cm³/mol. The van der Waals surface area contributed by atoms with E-state index in [2.05, 4.69) is 42.0 Å². The molecule has 0 amide bonds. The van der Waals surface area contributed by atoms with E-state index in [1.54, 1.807) is 0 Å². The summed E-state index contributed by atoms with van der Waals surface area (Å²) in [5.41, 5.74) is 1.11. The van der Waals surface area contributed by atoms with Gasteiger partial charge in [-0.3, -0.25) is 0 Å². The molecule has 114 valence electrons. The van der Waals surface area contributed by atoms with Gasteiger partial charge in [-0.2, -0.15) is 0 Å². The van der Waals surface area contributed by atoms with Gasteiger partial charge in [-0.25, -0.2) is 4.39 Å². The first-order valence-electron chi connectivity index (χ1n) is 7.28. The van der Waals surface area contributed by atoms with E-state index >= 15 is 0 Å². The van der Waals surface area contributed by atoms with E-state index < -0.39 is 0 Å². The number of ether oxygens (including phenoxy) is 1. The molecule has 0 aliphatic rings. The Morgan fingerprint density at radius 1 is 1.30 bits per heavy atom. The summed E-state index contributed by atoms with van der Waals surface area (Å²) in [7, 11) is 0. The van der Waals surface area contributed by atoms with Gasteiger partial charge in [0.2, 0.25) is 0 Å². The Kier molecular flexibility index (Phi) is 7.70. The van der Waals surface area contributed by atoms with Gasteiger partial charge in [-0.1, -0.05) is 26.8 Å². The summed E-state index contributed by atoms with van der Waals surface area (Å²) in [5.74, 6) is 0.210. The highest BCUT2D eigenvalue weighted by molar-refractivity contribution is 9.10. The molecular weight excluding hydrogens is 321 g/mol. The molecule has 0 heterocycles. The first-order chi connectivity index (χ1) is 9.49. The molecule has 1 aromatic rings. The van der Waals surface area contributed by atoms with E-state index in [0.717, 1.165) is 18.5 Å². The Balaban J connectivity index is 2.86. The van der Waals surface area contributed by atoms with Crippen LogP contribution in [0.4, 0.5) is 4.39 Å². The van der Waals surface area contributed by atoms with Gasteiger partial charge in [-0.15, -0.1) is 0 Å². The van der Waals surface area contributed by atoms with Crippen molar-refractivity contribution >= 4 is 15.9 Å². The monoisotopic (exact) mass is 345 g/mol. The summed E-state index contributed by atoms with van der Waals surface area (Å²) in [6.07, 6.45) is 0.985. The van der Waals surface area contributed by atoms with E-state index in [1.807, 2.05) is 19.1 Å². The van der Waals surface area contributed by atoms with Crippen LogP contribution in [0.1, 0.15) is 33.3 Å². The summed E-state index contributed by atoms with van der Waals surface area (Å²) in [6.45, 7) is 10.1. The van der Waals surface area contributed by atoms with Gasteiger partial charge >= 0.3 is 0 Å². The highest BCUT2D eigenvalue weighted by Crippen LogP contribution is 2.20. The first-order valence-corrected chi connectivity index (χ1v) is 8.07. The molecule has 2 unspecified atom stereocenters. The maximum atomic E-state index is 13.3. The molecule has 2 atom stereocenters. The minimum absolute atomic E-state index is 0.156. The molecule has 0 radical (unpaired) electrons. The fraction of sp³-hybridized carbons (Fsp3) is 0.625. The standard InChI is InChI=1S/C16H25BrFNO/c1-5-19-15(16(11(3)4)20-6-2)10-12-7-8-14(18)13(17)9-12/h7-9,11,15-16,19H,5-6,10H2,1-4H3. The number of benzene rings is 1. The van der Waals surface area contributed by atoms with E-state index in [1.165, 1.54) is 6.07 Å².